The van der Waals surface area contributed by atoms with Crippen molar-refractivity contribution in [3.63, 3.8) is 0 Å². The lowest BCUT2D eigenvalue weighted by Gasteiger charge is -2.23. The molecule has 1 aliphatic carbocycles. The summed E-state index contributed by atoms with van der Waals surface area (Å²) >= 11 is 0. The molecule has 116 valence electrons. The zero-order chi connectivity index (χ0) is 16.3. The summed E-state index contributed by atoms with van der Waals surface area (Å²) in [5.74, 6) is 0. The van der Waals surface area contributed by atoms with Gasteiger partial charge in [-0.05, 0) is 63.1 Å². The van der Waals surface area contributed by atoms with Crippen LogP contribution in [0.4, 0.5) is 0 Å². The summed E-state index contributed by atoms with van der Waals surface area (Å²) in [5.41, 5.74) is 10.7. The van der Waals surface area contributed by atoms with Crippen LogP contribution in [0.15, 0.2) is 30.3 Å². The molecule has 0 saturated carbocycles. The van der Waals surface area contributed by atoms with E-state index in [9.17, 15) is 0 Å². The van der Waals surface area contributed by atoms with Gasteiger partial charge in [0.25, 0.3) is 0 Å². The minimum atomic E-state index is 0.213. The van der Waals surface area contributed by atoms with Gasteiger partial charge in [-0.3, -0.25) is 0 Å². The second-order valence-corrected chi connectivity index (χ2v) is 8.81. The average Bonchev–Trinajstić information content (AvgIpc) is 2.75. The van der Waals surface area contributed by atoms with Crippen molar-refractivity contribution >= 4 is 0 Å². The van der Waals surface area contributed by atoms with E-state index < -0.39 is 0 Å². The van der Waals surface area contributed by atoms with Crippen LogP contribution in [0.2, 0.25) is 0 Å². The smallest absolute Gasteiger partial charge is 0.00106 e. The van der Waals surface area contributed by atoms with Crippen LogP contribution in [0.5, 0.6) is 0 Å². The molecule has 0 unspecified atom stereocenters. The first-order chi connectivity index (χ1) is 10.1. The average molecular weight is 292 g/mol. The molecule has 0 nitrogen and oxygen atoms in total. The van der Waals surface area contributed by atoms with Gasteiger partial charge < -0.3 is 0 Å². The Morgan fingerprint density at radius 2 is 1.41 bits per heavy atom. The van der Waals surface area contributed by atoms with Crippen molar-refractivity contribution in [2.75, 3.05) is 0 Å². The largest absolute Gasteiger partial charge is 0.0579 e. The molecular formula is C22H28. The zero-order valence-electron chi connectivity index (χ0n) is 15.1. The van der Waals surface area contributed by atoms with Gasteiger partial charge in [-0.25, -0.2) is 0 Å². The van der Waals surface area contributed by atoms with E-state index in [1.807, 2.05) is 0 Å². The third-order valence-electron chi connectivity index (χ3n) is 5.04. The monoisotopic (exact) mass is 292 g/mol. The first-order valence-electron chi connectivity index (χ1n) is 8.36. The molecule has 0 N–H and O–H groups in total. The normalized spacial score (nSPS) is 14.0. The molecule has 22 heavy (non-hydrogen) atoms. The maximum Gasteiger partial charge on any atom is -0.00106 e. The van der Waals surface area contributed by atoms with Crippen molar-refractivity contribution in [3.8, 4) is 11.1 Å². The Morgan fingerprint density at radius 3 is 2.00 bits per heavy atom. The number of benzene rings is 2. The molecule has 0 fully saturated rings. The minimum absolute atomic E-state index is 0.213. The molecule has 0 spiro atoms. The molecule has 1 aliphatic rings. The van der Waals surface area contributed by atoms with Crippen molar-refractivity contribution in [1.29, 1.82) is 0 Å². The van der Waals surface area contributed by atoms with Gasteiger partial charge in [0.2, 0.25) is 0 Å². The van der Waals surface area contributed by atoms with E-state index in [-0.39, 0.29) is 10.8 Å². The Hall–Kier alpha value is -1.56. The van der Waals surface area contributed by atoms with Crippen LogP contribution >= 0.6 is 0 Å². The van der Waals surface area contributed by atoms with E-state index in [1.54, 1.807) is 0 Å². The summed E-state index contributed by atoms with van der Waals surface area (Å²) in [7, 11) is 0. The molecule has 0 radical (unpaired) electrons. The first kappa shape index (κ1) is 15.3. The van der Waals surface area contributed by atoms with Crippen LogP contribution in [0.25, 0.3) is 11.1 Å². The number of fused-ring (bicyclic) bond motifs is 3. The number of rotatable bonds is 0. The lowest BCUT2D eigenvalue weighted by molar-refractivity contribution is 0.585. The van der Waals surface area contributed by atoms with Crippen LogP contribution in [-0.2, 0) is 17.3 Å². The summed E-state index contributed by atoms with van der Waals surface area (Å²) in [5, 5.41) is 0. The van der Waals surface area contributed by atoms with Crippen LogP contribution in [0.3, 0.4) is 0 Å². The van der Waals surface area contributed by atoms with E-state index in [0.717, 1.165) is 6.42 Å². The van der Waals surface area contributed by atoms with Crippen LogP contribution < -0.4 is 0 Å². The molecule has 0 aromatic heterocycles. The topological polar surface area (TPSA) is 0 Å². The van der Waals surface area contributed by atoms with Crippen molar-refractivity contribution in [2.45, 2.75) is 65.7 Å². The van der Waals surface area contributed by atoms with Crippen LogP contribution in [-0.4, -0.2) is 0 Å². The fraction of sp³-hybridized carbons (Fsp3) is 0.455. The standard InChI is InChI=1S/C22H28/c1-14-19-13-15-12-16(21(2,3)4)8-9-17(15)18(19)10-11-20(14)22(5,6)7/h8-12H,13H2,1-7H3. The van der Waals surface area contributed by atoms with Gasteiger partial charge >= 0.3 is 0 Å². The molecule has 0 bridgehead atoms. The third kappa shape index (κ3) is 2.39. The quantitative estimate of drug-likeness (QED) is 0.465. The van der Waals surface area contributed by atoms with E-state index in [4.69, 9.17) is 0 Å². The van der Waals surface area contributed by atoms with Gasteiger partial charge in [0.05, 0.1) is 0 Å². The fourth-order valence-corrected chi connectivity index (χ4v) is 3.71. The van der Waals surface area contributed by atoms with Gasteiger partial charge in [-0.1, -0.05) is 71.9 Å². The maximum atomic E-state index is 2.42. The molecule has 0 aliphatic heterocycles. The summed E-state index contributed by atoms with van der Waals surface area (Å²) in [4.78, 5) is 0. The molecule has 0 amide bonds. The van der Waals surface area contributed by atoms with E-state index in [0.29, 0.717) is 0 Å². The van der Waals surface area contributed by atoms with Crippen molar-refractivity contribution < 1.29 is 0 Å². The van der Waals surface area contributed by atoms with Gasteiger partial charge in [0.1, 0.15) is 0 Å². The van der Waals surface area contributed by atoms with Gasteiger partial charge in [-0.15, -0.1) is 0 Å². The lowest BCUT2D eigenvalue weighted by atomic mass is 9.81. The molecule has 0 atom stereocenters. The predicted molar refractivity (Wildman–Crippen MR) is 96.8 cm³/mol. The van der Waals surface area contributed by atoms with Gasteiger partial charge in [0.15, 0.2) is 0 Å². The molecule has 0 heterocycles. The second kappa shape index (κ2) is 4.72. The fourth-order valence-electron chi connectivity index (χ4n) is 3.71. The van der Waals surface area contributed by atoms with Crippen LogP contribution in [0, 0.1) is 6.92 Å². The second-order valence-electron chi connectivity index (χ2n) is 8.81. The van der Waals surface area contributed by atoms with E-state index >= 15 is 0 Å². The summed E-state index contributed by atoms with van der Waals surface area (Å²) < 4.78 is 0. The Morgan fingerprint density at radius 1 is 0.773 bits per heavy atom. The minimum Gasteiger partial charge on any atom is -0.0579 e. The Kier molecular flexibility index (Phi) is 3.29. The predicted octanol–water partition coefficient (Wildman–Crippen LogP) is 6.16. The van der Waals surface area contributed by atoms with E-state index in [1.165, 1.54) is 38.9 Å². The molecule has 3 rings (SSSR count). The third-order valence-corrected chi connectivity index (χ3v) is 5.04. The summed E-state index contributed by atoms with van der Waals surface area (Å²) in [6.45, 7) is 16.1. The molecule has 2 aromatic carbocycles. The summed E-state index contributed by atoms with van der Waals surface area (Å²) in [6.07, 6.45) is 1.09. The highest BCUT2D eigenvalue weighted by molar-refractivity contribution is 5.79. The van der Waals surface area contributed by atoms with Crippen molar-refractivity contribution in [2.24, 2.45) is 0 Å². The Balaban J connectivity index is 2.12. The highest BCUT2D eigenvalue weighted by Gasteiger charge is 2.26. The van der Waals surface area contributed by atoms with E-state index in [2.05, 4.69) is 78.8 Å². The molecule has 0 heteroatoms. The molecule has 2 aromatic rings. The Labute approximate surface area is 135 Å². The SMILES string of the molecule is Cc1c(C(C)(C)C)ccc2c1Cc1cc(C(C)(C)C)ccc1-2. The van der Waals surface area contributed by atoms with Crippen molar-refractivity contribution in [1.82, 2.24) is 0 Å². The first-order valence-corrected chi connectivity index (χ1v) is 8.36. The summed E-state index contributed by atoms with van der Waals surface area (Å²) in [6, 6.07) is 11.7. The molecular weight excluding hydrogens is 264 g/mol. The maximum absolute atomic E-state index is 2.42. The Bertz CT molecular complexity index is 734. The zero-order valence-corrected chi connectivity index (χ0v) is 15.1. The number of hydrogen-bond donors (Lipinski definition) is 0. The number of hydrogen-bond acceptors (Lipinski definition) is 0. The van der Waals surface area contributed by atoms with Gasteiger partial charge in [-0.2, -0.15) is 0 Å². The highest BCUT2D eigenvalue weighted by Crippen LogP contribution is 2.42. The lowest BCUT2D eigenvalue weighted by Crippen LogP contribution is -2.14. The van der Waals surface area contributed by atoms with Crippen LogP contribution in [0.1, 0.15) is 69.4 Å². The van der Waals surface area contributed by atoms with Crippen molar-refractivity contribution in [3.05, 3.63) is 58.1 Å². The van der Waals surface area contributed by atoms with Gasteiger partial charge in [0, 0.05) is 0 Å². The highest BCUT2D eigenvalue weighted by atomic mass is 14.3. The molecule has 0 saturated heterocycles.